The van der Waals surface area contributed by atoms with Crippen LogP contribution in [0.4, 0.5) is 0 Å². The van der Waals surface area contributed by atoms with Gasteiger partial charge in [0.1, 0.15) is 11.8 Å². The molecule has 4 heteroatoms. The number of aryl methyl sites for hydroxylation is 2. The smallest absolute Gasteiger partial charge is 0.248 e. The molecular formula is C26H28ClNO2. The van der Waals surface area contributed by atoms with Gasteiger partial charge in [-0.25, -0.2) is 0 Å². The van der Waals surface area contributed by atoms with Gasteiger partial charge in [0.15, 0.2) is 0 Å². The van der Waals surface area contributed by atoms with Crippen LogP contribution < -0.4 is 4.74 Å². The van der Waals surface area contributed by atoms with Crippen molar-refractivity contribution < 1.29 is 9.53 Å². The highest BCUT2D eigenvalue weighted by atomic mass is 35.5. The zero-order chi connectivity index (χ0) is 21.1. The third-order valence-corrected chi connectivity index (χ3v) is 6.37. The van der Waals surface area contributed by atoms with Gasteiger partial charge in [-0.15, -0.1) is 0 Å². The highest BCUT2D eigenvalue weighted by Gasteiger charge is 2.28. The molecule has 0 spiro atoms. The first-order valence-electron chi connectivity index (χ1n) is 10.7. The molecule has 30 heavy (non-hydrogen) atoms. The molecule has 0 aromatic heterocycles. The number of hydrogen-bond acceptors (Lipinski definition) is 3. The molecule has 2 unspecified atom stereocenters. The summed E-state index contributed by atoms with van der Waals surface area (Å²) in [5, 5.41) is -0.310. The molecule has 0 saturated carbocycles. The van der Waals surface area contributed by atoms with Crippen LogP contribution in [0.3, 0.4) is 0 Å². The van der Waals surface area contributed by atoms with Gasteiger partial charge >= 0.3 is 0 Å². The lowest BCUT2D eigenvalue weighted by Gasteiger charge is -2.35. The maximum absolute atomic E-state index is 11.5. The van der Waals surface area contributed by atoms with Crippen molar-refractivity contribution in [3.8, 4) is 5.75 Å². The highest BCUT2D eigenvalue weighted by Crippen LogP contribution is 2.35. The third kappa shape index (κ3) is 4.62. The predicted molar refractivity (Wildman–Crippen MR) is 123 cm³/mol. The lowest BCUT2D eigenvalue weighted by Crippen LogP contribution is -2.42. The standard InChI is InChI=1S/C26H28ClNO2/c1-18(8-9-20-6-4-3-5-7-20)30-23-12-13-24-19(2)22(11-10-21(24)16-23)17-28-15-14-25(28)26(27)29/h3-7,12-16,18,25H,8-11,17H2,1-2H3. The number of benzene rings is 2. The highest BCUT2D eigenvalue weighted by molar-refractivity contribution is 6.65. The van der Waals surface area contributed by atoms with Gasteiger partial charge in [0, 0.05) is 6.54 Å². The minimum absolute atomic E-state index is 0.169. The molecule has 0 bridgehead atoms. The molecule has 2 aromatic carbocycles. The number of ether oxygens (including phenoxy) is 1. The topological polar surface area (TPSA) is 29.5 Å². The SMILES string of the molecule is CC1=C(CN2C=CC2C(=O)Cl)CCc2cc(OC(C)CCc3ccccc3)ccc21. The Hall–Kier alpha value is -2.52. The Bertz CT molecular complexity index is 980. The van der Waals surface area contributed by atoms with Crippen molar-refractivity contribution in [1.82, 2.24) is 4.90 Å². The molecule has 1 aliphatic carbocycles. The van der Waals surface area contributed by atoms with Gasteiger partial charge in [-0.3, -0.25) is 4.79 Å². The Balaban J connectivity index is 1.39. The maximum Gasteiger partial charge on any atom is 0.248 e. The predicted octanol–water partition coefficient (Wildman–Crippen LogP) is 5.77. The van der Waals surface area contributed by atoms with E-state index in [4.69, 9.17) is 16.3 Å². The molecule has 0 N–H and O–H groups in total. The largest absolute Gasteiger partial charge is 0.491 e. The first kappa shape index (κ1) is 20.7. The quantitative estimate of drug-likeness (QED) is 0.507. The fourth-order valence-corrected chi connectivity index (χ4v) is 4.45. The Labute approximate surface area is 184 Å². The minimum Gasteiger partial charge on any atom is -0.491 e. The molecule has 0 radical (unpaired) electrons. The van der Waals surface area contributed by atoms with E-state index < -0.39 is 0 Å². The van der Waals surface area contributed by atoms with Crippen molar-refractivity contribution in [3.63, 3.8) is 0 Å². The van der Waals surface area contributed by atoms with Crippen LogP contribution in [0.1, 0.15) is 43.4 Å². The first-order valence-corrected chi connectivity index (χ1v) is 11.0. The number of allylic oxidation sites excluding steroid dienone is 1. The Morgan fingerprint density at radius 3 is 2.70 bits per heavy atom. The van der Waals surface area contributed by atoms with E-state index in [9.17, 15) is 4.79 Å². The van der Waals surface area contributed by atoms with E-state index in [-0.39, 0.29) is 17.4 Å². The van der Waals surface area contributed by atoms with E-state index in [2.05, 4.69) is 62.4 Å². The molecule has 4 rings (SSSR count). The Kier molecular flexibility index (Phi) is 6.29. The van der Waals surface area contributed by atoms with E-state index in [0.717, 1.165) is 38.0 Å². The maximum atomic E-state index is 11.5. The number of carbonyl (C=O) groups excluding carboxylic acids is 1. The molecule has 3 nitrogen and oxygen atoms in total. The lowest BCUT2D eigenvalue weighted by molar-refractivity contribution is -0.115. The summed E-state index contributed by atoms with van der Waals surface area (Å²) in [5.74, 6) is 0.948. The second-order valence-electron chi connectivity index (χ2n) is 8.26. The van der Waals surface area contributed by atoms with E-state index in [1.165, 1.54) is 27.8 Å². The zero-order valence-corrected chi connectivity index (χ0v) is 18.4. The summed E-state index contributed by atoms with van der Waals surface area (Å²) in [7, 11) is 0. The molecule has 156 valence electrons. The first-order chi connectivity index (χ1) is 14.5. The van der Waals surface area contributed by atoms with Crippen molar-refractivity contribution in [1.29, 1.82) is 0 Å². The van der Waals surface area contributed by atoms with E-state index in [1.807, 2.05) is 17.2 Å². The van der Waals surface area contributed by atoms with Crippen molar-refractivity contribution >= 4 is 22.4 Å². The Morgan fingerprint density at radius 2 is 2.00 bits per heavy atom. The second kappa shape index (κ2) is 9.09. The zero-order valence-electron chi connectivity index (χ0n) is 17.6. The van der Waals surface area contributed by atoms with Crippen LogP contribution >= 0.6 is 11.6 Å². The summed E-state index contributed by atoms with van der Waals surface area (Å²) in [6.07, 6.45) is 7.98. The number of carbonyl (C=O) groups is 1. The van der Waals surface area contributed by atoms with Crippen molar-refractivity contribution in [2.45, 2.75) is 51.7 Å². The molecule has 0 fully saturated rings. The normalized spacial score (nSPS) is 18.6. The average molecular weight is 422 g/mol. The molecule has 2 atom stereocenters. The van der Waals surface area contributed by atoms with Gasteiger partial charge in [0.05, 0.1) is 6.10 Å². The van der Waals surface area contributed by atoms with Crippen LogP contribution in [-0.2, 0) is 17.6 Å². The van der Waals surface area contributed by atoms with E-state index in [1.54, 1.807) is 0 Å². The number of fused-ring (bicyclic) bond motifs is 1. The van der Waals surface area contributed by atoms with Crippen molar-refractivity contribution in [2.24, 2.45) is 0 Å². The van der Waals surface area contributed by atoms with Crippen LogP contribution in [0.25, 0.3) is 5.57 Å². The van der Waals surface area contributed by atoms with E-state index >= 15 is 0 Å². The third-order valence-electron chi connectivity index (χ3n) is 6.15. The molecule has 1 heterocycles. The van der Waals surface area contributed by atoms with Gasteiger partial charge in [0.25, 0.3) is 0 Å². The molecule has 2 aromatic rings. The minimum atomic E-state index is -0.310. The van der Waals surface area contributed by atoms with Gasteiger partial charge in [-0.1, -0.05) is 36.4 Å². The van der Waals surface area contributed by atoms with Crippen LogP contribution in [0.2, 0.25) is 0 Å². The molecule has 0 amide bonds. The molecule has 0 saturated heterocycles. The fraction of sp³-hybridized carbons (Fsp3) is 0.346. The van der Waals surface area contributed by atoms with Gasteiger partial charge in [-0.05, 0) is 103 Å². The summed E-state index contributed by atoms with van der Waals surface area (Å²) in [5.41, 5.74) is 6.66. The fourth-order valence-electron chi connectivity index (χ4n) is 4.25. The van der Waals surface area contributed by atoms with Gasteiger partial charge in [0.2, 0.25) is 5.24 Å². The van der Waals surface area contributed by atoms with Crippen LogP contribution in [0.15, 0.2) is 66.4 Å². The number of rotatable bonds is 8. The van der Waals surface area contributed by atoms with Crippen LogP contribution in [0.5, 0.6) is 5.75 Å². The number of halogens is 1. The van der Waals surface area contributed by atoms with Crippen LogP contribution in [0, 0.1) is 0 Å². The summed E-state index contributed by atoms with van der Waals surface area (Å²) in [6, 6.07) is 16.7. The average Bonchev–Trinajstić information content (AvgIpc) is 2.71. The molecule has 2 aliphatic rings. The number of nitrogens with zero attached hydrogens (tertiary/aromatic N) is 1. The molecule has 1 aliphatic heterocycles. The Morgan fingerprint density at radius 1 is 1.20 bits per heavy atom. The van der Waals surface area contributed by atoms with Crippen molar-refractivity contribution in [3.05, 3.63) is 83.1 Å². The lowest BCUT2D eigenvalue weighted by atomic mass is 9.85. The molecular weight excluding hydrogens is 394 g/mol. The van der Waals surface area contributed by atoms with Crippen LogP contribution in [-0.4, -0.2) is 28.8 Å². The number of hydrogen-bond donors (Lipinski definition) is 0. The van der Waals surface area contributed by atoms with E-state index in [0.29, 0.717) is 0 Å². The summed E-state index contributed by atoms with van der Waals surface area (Å²) < 4.78 is 6.21. The van der Waals surface area contributed by atoms with Crippen molar-refractivity contribution in [2.75, 3.05) is 6.54 Å². The van der Waals surface area contributed by atoms with Gasteiger partial charge < -0.3 is 9.64 Å². The summed E-state index contributed by atoms with van der Waals surface area (Å²) in [4.78, 5) is 13.5. The second-order valence-corrected chi connectivity index (χ2v) is 8.64. The summed E-state index contributed by atoms with van der Waals surface area (Å²) in [6.45, 7) is 5.08. The summed E-state index contributed by atoms with van der Waals surface area (Å²) >= 11 is 5.66. The van der Waals surface area contributed by atoms with Gasteiger partial charge in [-0.2, -0.15) is 0 Å². The monoisotopic (exact) mass is 421 g/mol.